The molecule has 25 heavy (non-hydrogen) atoms. The maximum atomic E-state index is 13.0. The number of para-hydroxylation sites is 1. The van der Waals surface area contributed by atoms with Gasteiger partial charge < -0.3 is 5.32 Å². The van der Waals surface area contributed by atoms with Crippen LogP contribution in [0.3, 0.4) is 0 Å². The van der Waals surface area contributed by atoms with E-state index in [2.05, 4.69) is 10.3 Å². The van der Waals surface area contributed by atoms with E-state index in [-0.39, 0.29) is 11.5 Å². The molecule has 0 saturated carbocycles. The summed E-state index contributed by atoms with van der Waals surface area (Å²) in [6.07, 6.45) is 0. The van der Waals surface area contributed by atoms with Gasteiger partial charge in [-0.2, -0.15) is 0 Å². The maximum Gasteiger partial charge on any atom is 0.266 e. The number of aromatic nitrogens is 2. The van der Waals surface area contributed by atoms with Crippen LogP contribution in [0.2, 0.25) is 5.02 Å². The predicted octanol–water partition coefficient (Wildman–Crippen LogP) is 3.27. The average Bonchev–Trinajstić information content (AvgIpc) is 2.60. The van der Waals surface area contributed by atoms with Crippen molar-refractivity contribution < 1.29 is 4.79 Å². The van der Waals surface area contributed by atoms with E-state index >= 15 is 0 Å². The van der Waals surface area contributed by atoms with Crippen LogP contribution in [-0.2, 0) is 4.79 Å². The van der Waals surface area contributed by atoms with Crippen molar-refractivity contribution in [3.63, 3.8) is 0 Å². The van der Waals surface area contributed by atoms with Crippen molar-refractivity contribution in [3.05, 3.63) is 63.9 Å². The summed E-state index contributed by atoms with van der Waals surface area (Å²) in [5.74, 6) is 0.528. The third kappa shape index (κ3) is 4.03. The summed E-state index contributed by atoms with van der Waals surface area (Å²) in [6.45, 7) is 1.98. The summed E-state index contributed by atoms with van der Waals surface area (Å²) >= 11 is 7.38. The molecule has 5 nitrogen and oxygen atoms in total. The Kier molecular flexibility index (Phi) is 5.40. The first-order valence-corrected chi connectivity index (χ1v) is 9.07. The number of fused-ring (bicyclic) bond motifs is 1. The topological polar surface area (TPSA) is 64.0 Å². The quantitative estimate of drug-likeness (QED) is 0.423. The molecular formula is C18H16ClN3O2S. The van der Waals surface area contributed by atoms with Crippen LogP contribution in [-0.4, -0.2) is 27.8 Å². The molecule has 0 spiro atoms. The fourth-order valence-corrected chi connectivity index (χ4v) is 3.39. The Labute approximate surface area is 154 Å². The van der Waals surface area contributed by atoms with Crippen LogP contribution in [0.4, 0.5) is 0 Å². The predicted molar refractivity (Wildman–Crippen MR) is 102 cm³/mol. The van der Waals surface area contributed by atoms with Crippen molar-refractivity contribution in [1.82, 2.24) is 14.9 Å². The highest BCUT2D eigenvalue weighted by Crippen LogP contribution is 2.22. The van der Waals surface area contributed by atoms with Crippen LogP contribution < -0.4 is 10.9 Å². The Morgan fingerprint density at radius 3 is 2.64 bits per heavy atom. The van der Waals surface area contributed by atoms with Crippen LogP contribution >= 0.6 is 23.4 Å². The molecule has 0 radical (unpaired) electrons. The van der Waals surface area contributed by atoms with Crippen LogP contribution in [0, 0.1) is 0 Å². The molecule has 2 aromatic carbocycles. The molecule has 0 atom stereocenters. The molecule has 1 amide bonds. The largest absolute Gasteiger partial charge is 0.356 e. The number of carbonyl (C=O) groups excluding carboxylic acids is 1. The van der Waals surface area contributed by atoms with Gasteiger partial charge >= 0.3 is 0 Å². The van der Waals surface area contributed by atoms with Crippen LogP contribution in [0.5, 0.6) is 0 Å². The summed E-state index contributed by atoms with van der Waals surface area (Å²) in [4.78, 5) is 28.6. The Bertz CT molecular complexity index is 970. The number of carbonyl (C=O) groups is 1. The van der Waals surface area contributed by atoms with Gasteiger partial charge in [0.15, 0.2) is 5.16 Å². The Balaban J connectivity index is 2.06. The lowest BCUT2D eigenvalue weighted by molar-refractivity contribution is -0.118. The number of rotatable bonds is 5. The van der Waals surface area contributed by atoms with Gasteiger partial charge in [0, 0.05) is 24.2 Å². The first-order chi connectivity index (χ1) is 12.1. The van der Waals surface area contributed by atoms with Gasteiger partial charge in [-0.25, -0.2) is 4.98 Å². The molecule has 0 aliphatic rings. The molecular weight excluding hydrogens is 358 g/mol. The summed E-state index contributed by atoms with van der Waals surface area (Å²) in [7, 11) is 0. The van der Waals surface area contributed by atoms with Crippen LogP contribution in [0.25, 0.3) is 16.6 Å². The molecule has 3 aromatic rings. The third-order valence-corrected chi connectivity index (χ3v) is 4.73. The monoisotopic (exact) mass is 373 g/mol. The molecule has 0 aliphatic heterocycles. The van der Waals surface area contributed by atoms with Crippen LogP contribution in [0.15, 0.2) is 58.5 Å². The van der Waals surface area contributed by atoms with Gasteiger partial charge in [-0.1, -0.05) is 35.5 Å². The van der Waals surface area contributed by atoms with Gasteiger partial charge in [-0.05, 0) is 36.4 Å². The van der Waals surface area contributed by atoms with Gasteiger partial charge in [-0.15, -0.1) is 0 Å². The molecule has 3 rings (SSSR count). The van der Waals surface area contributed by atoms with E-state index in [0.29, 0.717) is 39.1 Å². The summed E-state index contributed by atoms with van der Waals surface area (Å²) in [6, 6.07) is 14.3. The second-order valence-corrected chi connectivity index (χ2v) is 6.86. The first-order valence-electron chi connectivity index (χ1n) is 7.71. The van der Waals surface area contributed by atoms with Crippen molar-refractivity contribution in [1.29, 1.82) is 0 Å². The van der Waals surface area contributed by atoms with Crippen LogP contribution in [0.1, 0.15) is 6.92 Å². The van der Waals surface area contributed by atoms with E-state index in [1.807, 2.05) is 18.2 Å². The number of thioether (sulfide) groups is 1. The minimum Gasteiger partial charge on any atom is -0.356 e. The summed E-state index contributed by atoms with van der Waals surface area (Å²) in [5, 5.41) is 4.48. The fraction of sp³-hybridized carbons (Fsp3) is 0.167. The number of nitrogens with one attached hydrogen (secondary N) is 1. The zero-order valence-corrected chi connectivity index (χ0v) is 15.1. The molecule has 7 heteroatoms. The van der Waals surface area contributed by atoms with E-state index < -0.39 is 0 Å². The number of hydrogen-bond donors (Lipinski definition) is 1. The molecule has 0 aliphatic carbocycles. The van der Waals surface area contributed by atoms with Crippen molar-refractivity contribution >= 4 is 40.2 Å². The third-order valence-electron chi connectivity index (χ3n) is 3.54. The minimum atomic E-state index is -0.130. The molecule has 1 heterocycles. The average molecular weight is 374 g/mol. The standard InChI is InChI=1S/C18H16ClN3O2S/c1-12(23)20-10-11-25-18-21-16-5-3-2-4-15(16)17(24)22(18)14-8-6-13(19)7-9-14/h2-9H,10-11H2,1H3,(H,20,23). The molecule has 0 fully saturated rings. The van der Waals surface area contributed by atoms with E-state index in [1.165, 1.54) is 18.7 Å². The number of nitrogens with zero attached hydrogens (tertiary/aromatic N) is 2. The highest BCUT2D eigenvalue weighted by Gasteiger charge is 2.13. The number of hydrogen-bond acceptors (Lipinski definition) is 4. The SMILES string of the molecule is CC(=O)NCCSc1nc2ccccc2c(=O)n1-c1ccc(Cl)cc1. The summed E-state index contributed by atoms with van der Waals surface area (Å²) < 4.78 is 1.58. The van der Waals surface area contributed by atoms with E-state index in [0.717, 1.165) is 0 Å². The van der Waals surface area contributed by atoms with E-state index in [1.54, 1.807) is 34.9 Å². The normalized spacial score (nSPS) is 10.8. The van der Waals surface area contributed by atoms with Crippen molar-refractivity contribution in [2.75, 3.05) is 12.3 Å². The van der Waals surface area contributed by atoms with Crippen molar-refractivity contribution in [2.45, 2.75) is 12.1 Å². The molecule has 0 unspecified atom stereocenters. The molecule has 1 N–H and O–H groups in total. The highest BCUT2D eigenvalue weighted by molar-refractivity contribution is 7.99. The molecule has 128 valence electrons. The zero-order chi connectivity index (χ0) is 17.8. The second kappa shape index (κ2) is 7.72. The Hall–Kier alpha value is -2.31. The number of benzene rings is 2. The molecule has 0 saturated heterocycles. The van der Waals surface area contributed by atoms with Gasteiger partial charge in [0.05, 0.1) is 16.6 Å². The van der Waals surface area contributed by atoms with Gasteiger partial charge in [0.25, 0.3) is 5.56 Å². The van der Waals surface area contributed by atoms with Gasteiger partial charge in [-0.3, -0.25) is 14.2 Å². The number of amides is 1. The van der Waals surface area contributed by atoms with E-state index in [4.69, 9.17) is 11.6 Å². The van der Waals surface area contributed by atoms with Crippen molar-refractivity contribution in [3.8, 4) is 5.69 Å². The lowest BCUT2D eigenvalue weighted by atomic mass is 10.2. The van der Waals surface area contributed by atoms with Gasteiger partial charge in [0.2, 0.25) is 5.91 Å². The Morgan fingerprint density at radius 1 is 1.20 bits per heavy atom. The Morgan fingerprint density at radius 2 is 1.92 bits per heavy atom. The molecule has 1 aromatic heterocycles. The molecule has 0 bridgehead atoms. The van der Waals surface area contributed by atoms with E-state index in [9.17, 15) is 9.59 Å². The lowest BCUT2D eigenvalue weighted by Crippen LogP contribution is -2.24. The zero-order valence-electron chi connectivity index (χ0n) is 13.5. The second-order valence-electron chi connectivity index (χ2n) is 5.36. The highest BCUT2D eigenvalue weighted by atomic mass is 35.5. The maximum absolute atomic E-state index is 13.0. The lowest BCUT2D eigenvalue weighted by Gasteiger charge is -2.13. The van der Waals surface area contributed by atoms with Gasteiger partial charge in [0.1, 0.15) is 0 Å². The number of halogens is 1. The fourth-order valence-electron chi connectivity index (χ4n) is 2.40. The summed E-state index contributed by atoms with van der Waals surface area (Å²) in [5.41, 5.74) is 1.23. The van der Waals surface area contributed by atoms with Crippen molar-refractivity contribution in [2.24, 2.45) is 0 Å². The smallest absolute Gasteiger partial charge is 0.266 e. The first kappa shape index (κ1) is 17.5. The minimum absolute atomic E-state index is 0.0813.